The number of benzene rings is 1. The Bertz CT molecular complexity index is 504. The molecule has 0 aliphatic heterocycles. The molecule has 20 heavy (non-hydrogen) atoms. The van der Waals surface area contributed by atoms with Gasteiger partial charge in [0, 0.05) is 16.6 Å². The number of rotatable bonds is 6. The molecule has 0 aliphatic carbocycles. The Labute approximate surface area is 125 Å². The van der Waals surface area contributed by atoms with Crippen molar-refractivity contribution in [2.24, 2.45) is 0 Å². The van der Waals surface area contributed by atoms with Gasteiger partial charge in [-0.1, -0.05) is 25.1 Å². The minimum absolute atomic E-state index is 0.353. The number of aliphatic hydroxyl groups excluding tert-OH is 1. The van der Waals surface area contributed by atoms with Gasteiger partial charge in [0.05, 0.1) is 12.6 Å². The van der Waals surface area contributed by atoms with Gasteiger partial charge in [0.25, 0.3) is 0 Å². The fourth-order valence-electron chi connectivity index (χ4n) is 2.27. The van der Waals surface area contributed by atoms with E-state index < -0.39 is 0 Å². The van der Waals surface area contributed by atoms with Crippen LogP contribution in [0.25, 0.3) is 0 Å². The normalized spacial score (nSPS) is 12.7. The van der Waals surface area contributed by atoms with Gasteiger partial charge in [0.15, 0.2) is 0 Å². The lowest BCUT2D eigenvalue weighted by Crippen LogP contribution is -2.29. The predicted octanol–water partition coefficient (Wildman–Crippen LogP) is 4.61. The van der Waals surface area contributed by atoms with Gasteiger partial charge in [-0.05, 0) is 49.4 Å². The molecule has 0 amide bonds. The first-order valence-corrected chi connectivity index (χ1v) is 8.06. The van der Waals surface area contributed by atoms with Crippen LogP contribution in [0.15, 0.2) is 41.8 Å². The molecule has 0 saturated heterocycles. The van der Waals surface area contributed by atoms with Gasteiger partial charge in [-0.3, -0.25) is 0 Å². The highest BCUT2D eigenvalue weighted by Crippen LogP contribution is 2.25. The molecule has 0 spiro atoms. The maximum atomic E-state index is 9.86. The van der Waals surface area contributed by atoms with Crippen LogP contribution in [0.1, 0.15) is 43.7 Å². The number of hydrogen-bond acceptors (Lipinski definition) is 3. The largest absolute Gasteiger partial charge is 0.388 e. The quantitative estimate of drug-likeness (QED) is 0.839. The number of anilines is 1. The second kappa shape index (κ2) is 6.91. The molecule has 1 N–H and O–H groups in total. The Balaban J connectivity index is 2.17. The van der Waals surface area contributed by atoms with Gasteiger partial charge < -0.3 is 10.0 Å². The standard InChI is InChI=1S/C17H23NOS/c1-4-17(19)14-7-9-15(10-8-14)18(13(2)3)12-16-6-5-11-20-16/h5-11,13,17,19H,4,12H2,1-3H3/t17-/m1/s1. The fourth-order valence-corrected chi connectivity index (χ4v) is 2.97. The van der Waals surface area contributed by atoms with E-state index in [1.54, 1.807) is 11.3 Å². The van der Waals surface area contributed by atoms with Crippen molar-refractivity contribution >= 4 is 17.0 Å². The van der Waals surface area contributed by atoms with Gasteiger partial charge in [-0.25, -0.2) is 0 Å². The summed E-state index contributed by atoms with van der Waals surface area (Å²) in [6.07, 6.45) is 0.399. The van der Waals surface area contributed by atoms with Crippen LogP contribution in [-0.2, 0) is 6.54 Å². The second-order valence-corrected chi connectivity index (χ2v) is 6.35. The molecule has 1 heterocycles. The molecule has 1 atom stereocenters. The van der Waals surface area contributed by atoms with Crippen molar-refractivity contribution in [3.05, 3.63) is 52.2 Å². The molecule has 2 nitrogen and oxygen atoms in total. The third kappa shape index (κ3) is 3.62. The van der Waals surface area contributed by atoms with Gasteiger partial charge in [-0.2, -0.15) is 0 Å². The summed E-state index contributed by atoms with van der Waals surface area (Å²) < 4.78 is 0. The average molecular weight is 289 g/mol. The minimum atomic E-state index is -0.353. The van der Waals surface area contributed by atoms with Crippen molar-refractivity contribution in [1.82, 2.24) is 0 Å². The molecule has 1 aromatic heterocycles. The zero-order valence-corrected chi connectivity index (χ0v) is 13.2. The van der Waals surface area contributed by atoms with Gasteiger partial charge in [-0.15, -0.1) is 11.3 Å². The lowest BCUT2D eigenvalue weighted by atomic mass is 10.1. The lowest BCUT2D eigenvalue weighted by molar-refractivity contribution is 0.173. The SMILES string of the molecule is CC[C@@H](O)c1ccc(N(Cc2cccs2)C(C)C)cc1. The number of nitrogens with zero attached hydrogens (tertiary/aromatic N) is 1. The third-order valence-corrected chi connectivity index (χ3v) is 4.39. The zero-order valence-electron chi connectivity index (χ0n) is 12.4. The van der Waals surface area contributed by atoms with E-state index in [1.807, 2.05) is 19.1 Å². The highest BCUT2D eigenvalue weighted by Gasteiger charge is 2.12. The molecule has 2 aromatic rings. The topological polar surface area (TPSA) is 23.5 Å². The third-order valence-electron chi connectivity index (χ3n) is 3.53. The van der Waals surface area contributed by atoms with E-state index >= 15 is 0 Å². The van der Waals surface area contributed by atoms with Crippen LogP contribution in [0, 0.1) is 0 Å². The van der Waals surface area contributed by atoms with E-state index in [-0.39, 0.29) is 6.10 Å². The lowest BCUT2D eigenvalue weighted by Gasteiger charge is -2.29. The number of aliphatic hydroxyl groups is 1. The van der Waals surface area contributed by atoms with E-state index in [2.05, 4.69) is 48.4 Å². The number of hydrogen-bond donors (Lipinski definition) is 1. The summed E-state index contributed by atoms with van der Waals surface area (Å²) in [5.41, 5.74) is 2.21. The summed E-state index contributed by atoms with van der Waals surface area (Å²) in [4.78, 5) is 3.75. The van der Waals surface area contributed by atoms with Gasteiger partial charge in [0.1, 0.15) is 0 Å². The molecule has 0 unspecified atom stereocenters. The van der Waals surface area contributed by atoms with Crippen molar-refractivity contribution in [2.45, 2.75) is 45.9 Å². The zero-order chi connectivity index (χ0) is 14.5. The van der Waals surface area contributed by atoms with Crippen molar-refractivity contribution in [3.63, 3.8) is 0 Å². The smallest absolute Gasteiger partial charge is 0.0787 e. The monoisotopic (exact) mass is 289 g/mol. The van der Waals surface area contributed by atoms with E-state index in [9.17, 15) is 5.11 Å². The molecule has 1 aromatic carbocycles. The maximum absolute atomic E-state index is 9.86. The van der Waals surface area contributed by atoms with Crippen molar-refractivity contribution in [1.29, 1.82) is 0 Å². The molecular weight excluding hydrogens is 266 g/mol. The molecule has 0 aliphatic rings. The minimum Gasteiger partial charge on any atom is -0.388 e. The number of thiophene rings is 1. The van der Waals surface area contributed by atoms with Crippen molar-refractivity contribution in [3.8, 4) is 0 Å². The van der Waals surface area contributed by atoms with Crippen LogP contribution in [-0.4, -0.2) is 11.1 Å². The van der Waals surface area contributed by atoms with Gasteiger partial charge >= 0.3 is 0 Å². The summed E-state index contributed by atoms with van der Waals surface area (Å²) >= 11 is 1.79. The Morgan fingerprint density at radius 3 is 2.35 bits per heavy atom. The van der Waals surface area contributed by atoms with E-state index in [0.29, 0.717) is 6.04 Å². The molecule has 0 fully saturated rings. The first-order chi connectivity index (χ1) is 9.61. The maximum Gasteiger partial charge on any atom is 0.0787 e. The summed E-state index contributed by atoms with van der Waals surface area (Å²) in [7, 11) is 0. The molecule has 0 radical (unpaired) electrons. The first-order valence-electron chi connectivity index (χ1n) is 7.19. The highest BCUT2D eigenvalue weighted by atomic mass is 32.1. The van der Waals surface area contributed by atoms with Crippen LogP contribution in [0.3, 0.4) is 0 Å². The van der Waals surface area contributed by atoms with Crippen molar-refractivity contribution in [2.75, 3.05) is 4.90 Å². The average Bonchev–Trinajstić information content (AvgIpc) is 2.97. The van der Waals surface area contributed by atoms with Crippen LogP contribution >= 0.6 is 11.3 Å². The van der Waals surface area contributed by atoms with Crippen LogP contribution in [0.4, 0.5) is 5.69 Å². The molecule has 0 bridgehead atoms. The Hall–Kier alpha value is -1.32. The van der Waals surface area contributed by atoms with E-state index in [1.165, 1.54) is 10.6 Å². The van der Waals surface area contributed by atoms with Crippen LogP contribution in [0.5, 0.6) is 0 Å². The molecule has 3 heteroatoms. The summed E-state index contributed by atoms with van der Waals surface area (Å²) in [6, 6.07) is 13.0. The van der Waals surface area contributed by atoms with E-state index in [0.717, 1.165) is 18.5 Å². The fraction of sp³-hybridized carbons (Fsp3) is 0.412. The Morgan fingerprint density at radius 2 is 1.85 bits per heavy atom. The second-order valence-electron chi connectivity index (χ2n) is 5.32. The predicted molar refractivity (Wildman–Crippen MR) is 87.3 cm³/mol. The Kier molecular flexibility index (Phi) is 5.21. The first kappa shape index (κ1) is 15.1. The highest BCUT2D eigenvalue weighted by molar-refractivity contribution is 7.09. The molecule has 2 rings (SSSR count). The van der Waals surface area contributed by atoms with E-state index in [4.69, 9.17) is 0 Å². The molecular formula is C17H23NOS. The summed E-state index contributed by atoms with van der Waals surface area (Å²) in [6.45, 7) is 7.35. The van der Waals surface area contributed by atoms with Gasteiger partial charge in [0.2, 0.25) is 0 Å². The van der Waals surface area contributed by atoms with Crippen molar-refractivity contribution < 1.29 is 5.11 Å². The summed E-state index contributed by atoms with van der Waals surface area (Å²) in [5.74, 6) is 0. The Morgan fingerprint density at radius 1 is 1.15 bits per heavy atom. The molecule has 108 valence electrons. The summed E-state index contributed by atoms with van der Waals surface area (Å²) in [5, 5.41) is 12.0. The van der Waals surface area contributed by atoms with Crippen LogP contribution < -0.4 is 4.90 Å². The molecule has 0 saturated carbocycles. The van der Waals surface area contributed by atoms with Crippen LogP contribution in [0.2, 0.25) is 0 Å².